The largest absolute Gasteiger partial charge is 0.342 e. The van der Waals surface area contributed by atoms with Gasteiger partial charge in [-0.15, -0.1) is 0 Å². The number of carbonyl (C=O) groups is 3. The van der Waals surface area contributed by atoms with Crippen LogP contribution in [-0.4, -0.2) is 45.0 Å². The second-order valence-electron chi connectivity index (χ2n) is 10.6. The number of aryl methyl sites for hydroxylation is 1. The van der Waals surface area contributed by atoms with Crippen LogP contribution in [0, 0.1) is 18.3 Å². The predicted octanol–water partition coefficient (Wildman–Crippen LogP) is 2.79. The lowest BCUT2D eigenvalue weighted by molar-refractivity contribution is -0.138. The van der Waals surface area contributed by atoms with Crippen molar-refractivity contribution in [3.05, 3.63) is 11.7 Å². The molecule has 9 nitrogen and oxygen atoms in total. The fourth-order valence-electron chi connectivity index (χ4n) is 6.15. The molecule has 4 rings (SSSR count). The van der Waals surface area contributed by atoms with E-state index in [1.54, 1.807) is 6.92 Å². The molecule has 31 heavy (non-hydrogen) atoms. The first-order valence-electron chi connectivity index (χ1n) is 11.3. The van der Waals surface area contributed by atoms with Crippen LogP contribution in [0.3, 0.4) is 0 Å². The van der Waals surface area contributed by atoms with E-state index in [0.717, 1.165) is 30.6 Å². The molecule has 4 amide bonds. The van der Waals surface area contributed by atoms with Crippen LogP contribution < -0.4 is 10.6 Å². The highest BCUT2D eigenvalue weighted by Gasteiger charge is 2.56. The second kappa shape index (κ2) is 7.60. The summed E-state index contributed by atoms with van der Waals surface area (Å²) in [5, 5.41) is 10.0. The Morgan fingerprint density at radius 2 is 1.94 bits per heavy atom. The summed E-state index contributed by atoms with van der Waals surface area (Å²) in [4.78, 5) is 44.5. The van der Waals surface area contributed by atoms with E-state index >= 15 is 0 Å². The van der Waals surface area contributed by atoms with E-state index in [0.29, 0.717) is 43.3 Å². The second-order valence-corrected chi connectivity index (χ2v) is 10.6. The molecule has 2 atom stereocenters. The maximum atomic E-state index is 13.3. The van der Waals surface area contributed by atoms with Crippen LogP contribution in [0.1, 0.15) is 83.9 Å². The molecule has 1 aromatic heterocycles. The van der Waals surface area contributed by atoms with Crippen LogP contribution in [0.25, 0.3) is 0 Å². The van der Waals surface area contributed by atoms with Gasteiger partial charge in [0.2, 0.25) is 11.8 Å². The Balaban J connectivity index is 1.50. The molecule has 2 N–H and O–H groups in total. The zero-order valence-corrected chi connectivity index (χ0v) is 18.9. The predicted molar refractivity (Wildman–Crippen MR) is 112 cm³/mol. The van der Waals surface area contributed by atoms with Crippen LogP contribution in [0.4, 0.5) is 4.79 Å². The molecule has 1 spiro atoms. The van der Waals surface area contributed by atoms with E-state index in [9.17, 15) is 14.4 Å². The molecule has 9 heteroatoms. The first-order chi connectivity index (χ1) is 14.5. The van der Waals surface area contributed by atoms with Crippen LogP contribution >= 0.6 is 0 Å². The van der Waals surface area contributed by atoms with Crippen LogP contribution in [0.15, 0.2) is 4.52 Å². The van der Waals surface area contributed by atoms with Crippen molar-refractivity contribution in [1.82, 2.24) is 25.7 Å². The summed E-state index contributed by atoms with van der Waals surface area (Å²) in [6.07, 6.45) is 6.55. The molecule has 3 fully saturated rings. The maximum Gasteiger partial charge on any atom is 0.325 e. The maximum absolute atomic E-state index is 13.3. The van der Waals surface area contributed by atoms with Crippen molar-refractivity contribution in [2.75, 3.05) is 6.54 Å². The molecule has 2 aliphatic carbocycles. The first-order valence-corrected chi connectivity index (χ1v) is 11.3. The van der Waals surface area contributed by atoms with Gasteiger partial charge in [-0.2, -0.15) is 4.98 Å². The van der Waals surface area contributed by atoms with Gasteiger partial charge in [0.1, 0.15) is 17.6 Å². The van der Waals surface area contributed by atoms with Crippen molar-refractivity contribution in [2.45, 2.75) is 90.1 Å². The number of hydrogen-bond acceptors (Lipinski definition) is 6. The Morgan fingerprint density at radius 1 is 1.23 bits per heavy atom. The Bertz CT molecular complexity index is 888. The van der Waals surface area contributed by atoms with Gasteiger partial charge in [-0.25, -0.2) is 4.79 Å². The number of carbonyl (C=O) groups excluding carboxylic acids is 3. The minimum Gasteiger partial charge on any atom is -0.342 e. The third-order valence-corrected chi connectivity index (χ3v) is 6.97. The van der Waals surface area contributed by atoms with Gasteiger partial charge in [0, 0.05) is 6.92 Å². The van der Waals surface area contributed by atoms with Gasteiger partial charge in [-0.05, 0) is 43.4 Å². The number of urea groups is 1. The van der Waals surface area contributed by atoms with Crippen molar-refractivity contribution in [3.63, 3.8) is 0 Å². The number of amides is 4. The van der Waals surface area contributed by atoms with Gasteiger partial charge in [0.15, 0.2) is 5.82 Å². The lowest BCUT2D eigenvalue weighted by atomic mass is 9.64. The number of hydrogen-bond donors (Lipinski definition) is 2. The average Bonchev–Trinajstić information content (AvgIpc) is 3.19. The Labute approximate surface area is 182 Å². The molecule has 2 unspecified atom stereocenters. The Kier molecular flexibility index (Phi) is 5.34. The minimum atomic E-state index is -0.911. The summed E-state index contributed by atoms with van der Waals surface area (Å²) in [6, 6.07) is -0.488. The van der Waals surface area contributed by atoms with E-state index in [1.165, 1.54) is 0 Å². The molecule has 0 aromatic carbocycles. The smallest absolute Gasteiger partial charge is 0.325 e. The third kappa shape index (κ3) is 4.06. The van der Waals surface area contributed by atoms with Gasteiger partial charge in [0.25, 0.3) is 5.91 Å². The van der Waals surface area contributed by atoms with Crippen molar-refractivity contribution in [2.24, 2.45) is 11.3 Å². The number of aromatic nitrogens is 2. The van der Waals surface area contributed by atoms with Crippen LogP contribution in [-0.2, 0) is 15.1 Å². The summed E-state index contributed by atoms with van der Waals surface area (Å²) < 4.78 is 5.16. The molecule has 1 aliphatic heterocycles. The number of rotatable bonds is 4. The van der Waals surface area contributed by atoms with Crippen molar-refractivity contribution in [1.29, 1.82) is 0 Å². The van der Waals surface area contributed by atoms with Gasteiger partial charge in [0.05, 0.1) is 0 Å². The highest BCUT2D eigenvalue weighted by molar-refractivity contribution is 6.09. The molecule has 1 aromatic rings. The fourth-order valence-corrected chi connectivity index (χ4v) is 6.15. The zero-order valence-electron chi connectivity index (χ0n) is 18.9. The van der Waals surface area contributed by atoms with Crippen LogP contribution in [0.2, 0.25) is 0 Å². The molecule has 0 radical (unpaired) electrons. The van der Waals surface area contributed by atoms with E-state index in [1.807, 2.05) is 0 Å². The third-order valence-electron chi connectivity index (χ3n) is 6.97. The molecule has 2 heterocycles. The topological polar surface area (TPSA) is 117 Å². The highest BCUT2D eigenvalue weighted by Crippen LogP contribution is 2.46. The summed E-state index contributed by atoms with van der Waals surface area (Å²) in [6.45, 7) is 7.77. The quantitative estimate of drug-likeness (QED) is 0.708. The van der Waals surface area contributed by atoms with E-state index in [-0.39, 0.29) is 23.8 Å². The van der Waals surface area contributed by atoms with Crippen molar-refractivity contribution < 1.29 is 18.9 Å². The van der Waals surface area contributed by atoms with Crippen LogP contribution in [0.5, 0.6) is 0 Å². The molecule has 2 saturated carbocycles. The fraction of sp³-hybridized carbons (Fsp3) is 0.773. The van der Waals surface area contributed by atoms with Gasteiger partial charge in [-0.3, -0.25) is 14.5 Å². The molecular weight excluding hydrogens is 398 g/mol. The zero-order chi connectivity index (χ0) is 22.4. The highest BCUT2D eigenvalue weighted by atomic mass is 16.5. The summed E-state index contributed by atoms with van der Waals surface area (Å²) in [5.74, 6) is 0.552. The molecular formula is C22H33N5O4. The SMILES string of the molecule is Cc1nc(C2(NC(=O)CN3C(=O)NC4(CC(C)CC(C)(C)C4)C3=O)CCCCC2)no1. The van der Waals surface area contributed by atoms with Crippen molar-refractivity contribution in [3.8, 4) is 0 Å². The molecule has 3 aliphatic rings. The van der Waals surface area contributed by atoms with E-state index in [2.05, 4.69) is 41.5 Å². The van der Waals surface area contributed by atoms with Gasteiger partial charge in [-0.1, -0.05) is 45.2 Å². The number of nitrogens with one attached hydrogen (secondary N) is 2. The summed E-state index contributed by atoms with van der Waals surface area (Å²) in [5.41, 5.74) is -1.68. The Morgan fingerprint density at radius 3 is 2.55 bits per heavy atom. The molecule has 1 saturated heterocycles. The van der Waals surface area contributed by atoms with Gasteiger partial charge < -0.3 is 15.2 Å². The molecule has 0 bridgehead atoms. The monoisotopic (exact) mass is 431 g/mol. The van der Waals surface area contributed by atoms with Gasteiger partial charge >= 0.3 is 6.03 Å². The average molecular weight is 432 g/mol. The van der Waals surface area contributed by atoms with E-state index in [4.69, 9.17) is 4.52 Å². The normalized spacial score (nSPS) is 29.8. The molecule has 170 valence electrons. The number of imide groups is 1. The lowest BCUT2D eigenvalue weighted by Gasteiger charge is -2.43. The standard InChI is InChI=1S/C22H33N5O4/c1-14-10-20(3,4)13-22(11-14)18(29)27(19(30)25-22)12-16(28)24-21(8-6-5-7-9-21)17-23-15(2)31-26-17/h14H,5-13H2,1-4H3,(H,24,28)(H,25,30). The summed E-state index contributed by atoms with van der Waals surface area (Å²) >= 11 is 0. The number of nitrogens with zero attached hydrogens (tertiary/aromatic N) is 3. The summed E-state index contributed by atoms with van der Waals surface area (Å²) in [7, 11) is 0. The first kappa shape index (κ1) is 21.8. The van der Waals surface area contributed by atoms with E-state index < -0.39 is 17.1 Å². The Hall–Kier alpha value is -2.45. The lowest BCUT2D eigenvalue weighted by Crippen LogP contribution is -2.55. The minimum absolute atomic E-state index is 0.0541. The van der Waals surface area contributed by atoms with Crippen molar-refractivity contribution >= 4 is 17.8 Å².